The minimum Gasteiger partial charge on any atom is -0.504 e. The average molecular weight is 386 g/mol. The number of hydrogen-bond donors (Lipinski definition) is 4. The van der Waals surface area contributed by atoms with Gasteiger partial charge in [-0.2, -0.15) is 0 Å². The van der Waals surface area contributed by atoms with Crippen molar-refractivity contribution in [3.05, 3.63) is 59.4 Å². The summed E-state index contributed by atoms with van der Waals surface area (Å²) in [6.45, 7) is -0.479. The molecule has 146 valence electrons. The Morgan fingerprint density at radius 1 is 1.11 bits per heavy atom. The van der Waals surface area contributed by atoms with Gasteiger partial charge < -0.3 is 34.6 Å². The molecular formula is C20H18O8. The summed E-state index contributed by atoms with van der Waals surface area (Å²) in [4.78, 5) is 12.3. The summed E-state index contributed by atoms with van der Waals surface area (Å²) in [5.41, 5.74) is 0.976. The summed E-state index contributed by atoms with van der Waals surface area (Å²) < 4.78 is 16.2. The fraction of sp³-hybridized carbons (Fsp3) is 0.250. The van der Waals surface area contributed by atoms with Gasteiger partial charge in [0.05, 0.1) is 12.2 Å². The molecule has 4 rings (SSSR count). The van der Waals surface area contributed by atoms with Crippen LogP contribution in [-0.2, 0) is 4.74 Å². The SMILES string of the molecule is O=C1/C(=C/c2ccc(OC3OC(CO)C(O)C3O)c(O)c2)Oc2ccccc21. The fourth-order valence-electron chi connectivity index (χ4n) is 3.10. The highest BCUT2D eigenvalue weighted by molar-refractivity contribution is 6.14. The highest BCUT2D eigenvalue weighted by atomic mass is 16.7. The third-order valence-electron chi connectivity index (χ3n) is 4.60. The number of hydrogen-bond acceptors (Lipinski definition) is 8. The van der Waals surface area contributed by atoms with Crippen LogP contribution in [0.1, 0.15) is 15.9 Å². The van der Waals surface area contributed by atoms with Crippen LogP contribution >= 0.6 is 0 Å². The third kappa shape index (κ3) is 3.23. The van der Waals surface area contributed by atoms with Crippen molar-refractivity contribution in [2.45, 2.75) is 24.6 Å². The quantitative estimate of drug-likeness (QED) is 0.569. The topological polar surface area (TPSA) is 126 Å². The number of allylic oxidation sites excluding steroid dienone is 1. The lowest BCUT2D eigenvalue weighted by Crippen LogP contribution is -2.35. The lowest BCUT2D eigenvalue weighted by molar-refractivity contribution is -0.117. The maximum absolute atomic E-state index is 12.3. The van der Waals surface area contributed by atoms with Gasteiger partial charge in [0.2, 0.25) is 12.1 Å². The zero-order chi connectivity index (χ0) is 19.8. The number of aliphatic hydroxyl groups is 3. The van der Waals surface area contributed by atoms with E-state index in [-0.39, 0.29) is 23.0 Å². The van der Waals surface area contributed by atoms with Gasteiger partial charge in [-0.1, -0.05) is 18.2 Å². The van der Waals surface area contributed by atoms with Crippen LogP contribution in [-0.4, -0.2) is 57.4 Å². The fourth-order valence-corrected chi connectivity index (χ4v) is 3.10. The Labute approximate surface area is 159 Å². The number of para-hydroxylation sites is 1. The van der Waals surface area contributed by atoms with Crippen LogP contribution < -0.4 is 9.47 Å². The summed E-state index contributed by atoms with van der Waals surface area (Å²) in [6.07, 6.45) is -3.39. The number of aromatic hydroxyl groups is 1. The molecule has 0 bridgehead atoms. The first-order valence-corrected chi connectivity index (χ1v) is 8.63. The third-order valence-corrected chi connectivity index (χ3v) is 4.60. The molecule has 1 saturated heterocycles. The molecule has 0 radical (unpaired) electrons. The van der Waals surface area contributed by atoms with Crippen molar-refractivity contribution in [3.63, 3.8) is 0 Å². The van der Waals surface area contributed by atoms with Crippen molar-refractivity contribution in [1.29, 1.82) is 0 Å². The molecule has 2 aliphatic rings. The Hall–Kier alpha value is -2.91. The summed E-state index contributed by atoms with van der Waals surface area (Å²) in [5, 5.41) is 39.0. The zero-order valence-electron chi connectivity index (χ0n) is 14.6. The molecule has 0 amide bonds. The van der Waals surface area contributed by atoms with Crippen molar-refractivity contribution in [2.24, 2.45) is 0 Å². The van der Waals surface area contributed by atoms with E-state index in [0.717, 1.165) is 0 Å². The number of fused-ring (bicyclic) bond motifs is 1. The molecular weight excluding hydrogens is 368 g/mol. The first kappa shape index (κ1) is 18.5. The number of carbonyl (C=O) groups is 1. The number of aliphatic hydroxyl groups excluding tert-OH is 3. The van der Waals surface area contributed by atoms with Gasteiger partial charge >= 0.3 is 0 Å². The molecule has 4 unspecified atom stereocenters. The molecule has 0 aromatic heterocycles. The molecule has 2 aliphatic heterocycles. The summed E-state index contributed by atoms with van der Waals surface area (Å²) in [6, 6.07) is 11.3. The minimum absolute atomic E-state index is 0.0129. The molecule has 28 heavy (non-hydrogen) atoms. The molecule has 1 fully saturated rings. The number of phenols is 1. The Bertz CT molecular complexity index is 938. The first-order chi connectivity index (χ1) is 13.5. The molecule has 8 nitrogen and oxygen atoms in total. The molecule has 8 heteroatoms. The number of Topliss-reactive ketones (excluding diaryl/α,β-unsaturated/α-hetero) is 1. The predicted octanol–water partition coefficient (Wildman–Crippen LogP) is 0.826. The van der Waals surface area contributed by atoms with Crippen molar-refractivity contribution in [2.75, 3.05) is 6.61 Å². The van der Waals surface area contributed by atoms with E-state index in [1.165, 1.54) is 18.2 Å². The normalized spacial score (nSPS) is 27.7. The van der Waals surface area contributed by atoms with Crippen molar-refractivity contribution < 1.29 is 39.4 Å². The number of ether oxygens (including phenoxy) is 3. The molecule has 4 N–H and O–H groups in total. The van der Waals surface area contributed by atoms with Crippen molar-refractivity contribution in [1.82, 2.24) is 0 Å². The highest BCUT2D eigenvalue weighted by Gasteiger charge is 2.44. The Morgan fingerprint density at radius 3 is 2.57 bits per heavy atom. The molecule has 0 saturated carbocycles. The van der Waals surface area contributed by atoms with E-state index in [9.17, 15) is 20.1 Å². The average Bonchev–Trinajstić information content (AvgIpc) is 3.15. The second-order valence-corrected chi connectivity index (χ2v) is 6.49. The van der Waals surface area contributed by atoms with Gasteiger partial charge in [-0.15, -0.1) is 0 Å². The van der Waals surface area contributed by atoms with Crippen LogP contribution in [0, 0.1) is 0 Å². The van der Waals surface area contributed by atoms with Crippen molar-refractivity contribution >= 4 is 11.9 Å². The van der Waals surface area contributed by atoms with Crippen LogP contribution in [0.15, 0.2) is 48.2 Å². The van der Waals surface area contributed by atoms with Crippen LogP contribution in [0.25, 0.3) is 6.08 Å². The van der Waals surface area contributed by atoms with Gasteiger partial charge in [0.1, 0.15) is 24.1 Å². The van der Waals surface area contributed by atoms with Crippen LogP contribution in [0.3, 0.4) is 0 Å². The maximum Gasteiger partial charge on any atom is 0.231 e. The van der Waals surface area contributed by atoms with Gasteiger partial charge in [-0.25, -0.2) is 0 Å². The van der Waals surface area contributed by atoms with Gasteiger partial charge in [0.25, 0.3) is 0 Å². The van der Waals surface area contributed by atoms with E-state index in [4.69, 9.17) is 19.3 Å². The van der Waals surface area contributed by atoms with E-state index in [1.807, 2.05) is 0 Å². The highest BCUT2D eigenvalue weighted by Crippen LogP contribution is 2.34. The number of benzene rings is 2. The lowest BCUT2D eigenvalue weighted by atomic mass is 10.1. The second-order valence-electron chi connectivity index (χ2n) is 6.49. The molecule has 2 aromatic rings. The summed E-state index contributed by atoms with van der Waals surface area (Å²) in [5.74, 6) is 0.126. The van der Waals surface area contributed by atoms with Gasteiger partial charge in [0, 0.05) is 0 Å². The van der Waals surface area contributed by atoms with E-state index < -0.39 is 31.2 Å². The summed E-state index contributed by atoms with van der Waals surface area (Å²) in [7, 11) is 0. The molecule has 0 aliphatic carbocycles. The van der Waals surface area contributed by atoms with Crippen LogP contribution in [0.5, 0.6) is 17.2 Å². The van der Waals surface area contributed by atoms with Gasteiger partial charge in [-0.3, -0.25) is 4.79 Å². The van der Waals surface area contributed by atoms with Crippen LogP contribution in [0.4, 0.5) is 0 Å². The van der Waals surface area contributed by atoms with Crippen LogP contribution in [0.2, 0.25) is 0 Å². The lowest BCUT2D eigenvalue weighted by Gasteiger charge is -2.17. The minimum atomic E-state index is -1.37. The monoisotopic (exact) mass is 386 g/mol. The summed E-state index contributed by atoms with van der Waals surface area (Å²) >= 11 is 0. The predicted molar refractivity (Wildman–Crippen MR) is 95.9 cm³/mol. The molecule has 2 aromatic carbocycles. The molecule has 2 heterocycles. The molecule has 0 spiro atoms. The van der Waals surface area contributed by atoms with Gasteiger partial charge in [-0.05, 0) is 35.9 Å². The standard InChI is InChI=1S/C20H18O8/c21-9-16-18(24)19(25)20(28-16)27-14-6-5-10(7-12(14)22)8-15-17(23)11-3-1-2-4-13(11)26-15/h1-8,16,18-22,24-25H,9H2/b15-8-. The maximum atomic E-state index is 12.3. The number of phenolic OH excluding ortho intramolecular Hbond substituents is 1. The zero-order valence-corrected chi connectivity index (χ0v) is 14.6. The van der Waals surface area contributed by atoms with Gasteiger partial charge in [0.15, 0.2) is 17.3 Å². The number of carbonyl (C=O) groups excluding carboxylic acids is 1. The Balaban J connectivity index is 1.51. The molecule has 4 atom stereocenters. The smallest absolute Gasteiger partial charge is 0.231 e. The number of rotatable bonds is 4. The van der Waals surface area contributed by atoms with E-state index in [1.54, 1.807) is 30.3 Å². The van der Waals surface area contributed by atoms with E-state index >= 15 is 0 Å². The second kappa shape index (κ2) is 7.25. The Kier molecular flexibility index (Phi) is 4.78. The van der Waals surface area contributed by atoms with E-state index in [0.29, 0.717) is 16.9 Å². The Morgan fingerprint density at radius 2 is 1.89 bits per heavy atom. The number of ketones is 1. The first-order valence-electron chi connectivity index (χ1n) is 8.63. The van der Waals surface area contributed by atoms with Crippen molar-refractivity contribution in [3.8, 4) is 17.2 Å². The largest absolute Gasteiger partial charge is 0.504 e. The van der Waals surface area contributed by atoms with E-state index in [2.05, 4.69) is 0 Å².